The van der Waals surface area contributed by atoms with E-state index in [0.29, 0.717) is 21.5 Å². The lowest BCUT2D eigenvalue weighted by molar-refractivity contribution is 0.0273. The van der Waals surface area contributed by atoms with Gasteiger partial charge in [-0.3, -0.25) is 4.79 Å². The number of rotatable bonds is 5. The molecule has 0 saturated carbocycles. The zero-order chi connectivity index (χ0) is 13.1. The van der Waals surface area contributed by atoms with Crippen molar-refractivity contribution in [3.8, 4) is 11.5 Å². The van der Waals surface area contributed by atoms with Crippen molar-refractivity contribution in [3.05, 3.63) is 22.2 Å². The fourth-order valence-electron chi connectivity index (χ4n) is 1.20. The van der Waals surface area contributed by atoms with Gasteiger partial charge in [-0.15, -0.1) is 0 Å². The molecule has 4 nitrogen and oxygen atoms in total. The Hall–Kier alpha value is -1.07. The maximum Gasteiger partial charge on any atom is 0.175 e. The molecule has 0 radical (unpaired) electrons. The van der Waals surface area contributed by atoms with Gasteiger partial charge in [-0.25, -0.2) is 0 Å². The lowest BCUT2D eigenvalue weighted by atomic mass is 10.1. The van der Waals surface area contributed by atoms with Crippen LogP contribution in [-0.2, 0) is 0 Å². The minimum absolute atomic E-state index is 0.127. The Bertz CT molecular complexity index is 410. The van der Waals surface area contributed by atoms with Crippen LogP contribution in [0.25, 0.3) is 0 Å². The molecule has 94 valence electrons. The Morgan fingerprint density at radius 1 is 1.47 bits per heavy atom. The molecule has 0 heterocycles. The van der Waals surface area contributed by atoms with Gasteiger partial charge in [-0.05, 0) is 41.9 Å². The molecule has 0 aliphatic rings. The van der Waals surface area contributed by atoms with Crippen molar-refractivity contribution in [2.45, 2.75) is 19.4 Å². The third-order valence-electron chi connectivity index (χ3n) is 1.96. The van der Waals surface area contributed by atoms with E-state index in [9.17, 15) is 9.90 Å². The predicted octanol–water partition coefficient (Wildman–Crippen LogP) is 2.42. The maximum absolute atomic E-state index is 10.7. The summed E-state index contributed by atoms with van der Waals surface area (Å²) in [6.07, 6.45) is 0.729. The molecule has 0 amide bonds. The van der Waals surface area contributed by atoms with E-state index in [1.54, 1.807) is 26.0 Å². The van der Waals surface area contributed by atoms with Crippen molar-refractivity contribution in [2.24, 2.45) is 0 Å². The van der Waals surface area contributed by atoms with Crippen LogP contribution in [0.4, 0.5) is 0 Å². The van der Waals surface area contributed by atoms with Crippen LogP contribution < -0.4 is 9.47 Å². The number of aliphatic hydroxyl groups is 1. The average molecular weight is 303 g/mol. The summed E-state index contributed by atoms with van der Waals surface area (Å²) in [5.74, 6) is 0.922. The molecule has 0 atom stereocenters. The fourth-order valence-corrected chi connectivity index (χ4v) is 1.77. The smallest absolute Gasteiger partial charge is 0.175 e. The first-order chi connectivity index (χ1) is 7.87. The number of hydrogen-bond donors (Lipinski definition) is 1. The van der Waals surface area contributed by atoms with Crippen LogP contribution in [0, 0.1) is 0 Å². The van der Waals surface area contributed by atoms with Crippen molar-refractivity contribution in [1.82, 2.24) is 0 Å². The summed E-state index contributed by atoms with van der Waals surface area (Å²) in [5.41, 5.74) is -0.447. The molecule has 0 aliphatic heterocycles. The second-order valence-electron chi connectivity index (χ2n) is 4.25. The zero-order valence-corrected chi connectivity index (χ0v) is 11.6. The molecule has 0 spiro atoms. The highest BCUT2D eigenvalue weighted by atomic mass is 79.9. The lowest BCUT2D eigenvalue weighted by Crippen LogP contribution is -2.28. The molecule has 0 bridgehead atoms. The van der Waals surface area contributed by atoms with Gasteiger partial charge in [0, 0.05) is 5.56 Å². The van der Waals surface area contributed by atoms with Crippen molar-refractivity contribution >= 4 is 22.2 Å². The lowest BCUT2D eigenvalue weighted by Gasteiger charge is -2.20. The summed E-state index contributed by atoms with van der Waals surface area (Å²) in [5, 5.41) is 9.60. The normalized spacial score (nSPS) is 11.1. The van der Waals surface area contributed by atoms with Gasteiger partial charge in [0.1, 0.15) is 12.9 Å². The fraction of sp³-hybridized carbons (Fsp3) is 0.417. The molecule has 17 heavy (non-hydrogen) atoms. The topological polar surface area (TPSA) is 55.8 Å². The van der Waals surface area contributed by atoms with Crippen LogP contribution in [0.5, 0.6) is 11.5 Å². The van der Waals surface area contributed by atoms with Gasteiger partial charge in [-0.2, -0.15) is 0 Å². The Morgan fingerprint density at radius 2 is 2.12 bits per heavy atom. The molecule has 0 fully saturated rings. The summed E-state index contributed by atoms with van der Waals surface area (Å²) in [6.45, 7) is 3.42. The van der Waals surface area contributed by atoms with E-state index in [0.717, 1.165) is 6.29 Å². The SMILES string of the molecule is COc1cc(C=O)cc(Br)c1OCC(C)(C)O. The summed E-state index contributed by atoms with van der Waals surface area (Å²) >= 11 is 3.30. The average Bonchev–Trinajstić information content (AvgIpc) is 2.25. The first kappa shape index (κ1) is 14.0. The van der Waals surface area contributed by atoms with Crippen LogP contribution >= 0.6 is 15.9 Å². The van der Waals surface area contributed by atoms with Gasteiger partial charge in [0.15, 0.2) is 11.5 Å². The van der Waals surface area contributed by atoms with E-state index in [-0.39, 0.29) is 6.61 Å². The largest absolute Gasteiger partial charge is 0.493 e. The number of ether oxygens (including phenoxy) is 2. The summed E-state index contributed by atoms with van der Waals surface area (Å²) < 4.78 is 11.2. The Morgan fingerprint density at radius 3 is 2.59 bits per heavy atom. The van der Waals surface area contributed by atoms with E-state index in [4.69, 9.17) is 9.47 Å². The minimum atomic E-state index is -0.937. The predicted molar refractivity (Wildman–Crippen MR) is 67.9 cm³/mol. The summed E-state index contributed by atoms with van der Waals surface area (Å²) in [7, 11) is 1.49. The van der Waals surface area contributed by atoms with Gasteiger partial charge in [0.25, 0.3) is 0 Å². The molecule has 0 aliphatic carbocycles. The van der Waals surface area contributed by atoms with Gasteiger partial charge in [0.05, 0.1) is 17.2 Å². The maximum atomic E-state index is 10.7. The Balaban J connectivity index is 3.01. The van der Waals surface area contributed by atoms with E-state index in [1.165, 1.54) is 7.11 Å². The standard InChI is InChI=1S/C12H15BrO4/c1-12(2,15)7-17-11-9(13)4-8(6-14)5-10(11)16-3/h4-6,15H,7H2,1-3H3. The number of carbonyl (C=O) groups is 1. The molecule has 0 unspecified atom stereocenters. The van der Waals surface area contributed by atoms with Gasteiger partial charge in [-0.1, -0.05) is 0 Å². The van der Waals surface area contributed by atoms with Gasteiger partial charge < -0.3 is 14.6 Å². The number of halogens is 1. The number of hydrogen-bond acceptors (Lipinski definition) is 4. The summed E-state index contributed by atoms with van der Waals surface area (Å²) in [4.78, 5) is 10.7. The number of aldehydes is 1. The third-order valence-corrected chi connectivity index (χ3v) is 2.55. The quantitative estimate of drug-likeness (QED) is 0.849. The highest BCUT2D eigenvalue weighted by Gasteiger charge is 2.17. The highest BCUT2D eigenvalue weighted by Crippen LogP contribution is 2.36. The van der Waals surface area contributed by atoms with Crippen molar-refractivity contribution < 1.29 is 19.4 Å². The molecule has 0 saturated heterocycles. The second kappa shape index (κ2) is 5.51. The number of carbonyl (C=O) groups excluding carboxylic acids is 1. The Labute approximate surface area is 109 Å². The van der Waals surface area contributed by atoms with Crippen molar-refractivity contribution in [1.29, 1.82) is 0 Å². The number of methoxy groups -OCH3 is 1. The summed E-state index contributed by atoms with van der Waals surface area (Å²) in [6, 6.07) is 3.21. The second-order valence-corrected chi connectivity index (χ2v) is 5.11. The van der Waals surface area contributed by atoms with E-state index < -0.39 is 5.60 Å². The van der Waals surface area contributed by atoms with Gasteiger partial charge in [0.2, 0.25) is 0 Å². The van der Waals surface area contributed by atoms with Crippen LogP contribution in [0.2, 0.25) is 0 Å². The van der Waals surface area contributed by atoms with Crippen molar-refractivity contribution in [3.63, 3.8) is 0 Å². The highest BCUT2D eigenvalue weighted by molar-refractivity contribution is 9.10. The first-order valence-electron chi connectivity index (χ1n) is 5.05. The molecule has 1 aromatic carbocycles. The minimum Gasteiger partial charge on any atom is -0.493 e. The molecule has 0 aromatic heterocycles. The molecule has 5 heteroatoms. The monoisotopic (exact) mass is 302 g/mol. The van der Waals surface area contributed by atoms with Crippen LogP contribution in [0.3, 0.4) is 0 Å². The number of benzene rings is 1. The molecule has 1 aromatic rings. The zero-order valence-electron chi connectivity index (χ0n) is 9.99. The van der Waals surface area contributed by atoms with E-state index in [2.05, 4.69) is 15.9 Å². The first-order valence-corrected chi connectivity index (χ1v) is 5.84. The van der Waals surface area contributed by atoms with Crippen LogP contribution in [0.1, 0.15) is 24.2 Å². The van der Waals surface area contributed by atoms with E-state index >= 15 is 0 Å². The molecule has 1 rings (SSSR count). The van der Waals surface area contributed by atoms with Crippen LogP contribution in [-0.4, -0.2) is 30.7 Å². The van der Waals surface area contributed by atoms with Crippen molar-refractivity contribution in [2.75, 3.05) is 13.7 Å². The Kier molecular flexibility index (Phi) is 4.54. The van der Waals surface area contributed by atoms with Crippen LogP contribution in [0.15, 0.2) is 16.6 Å². The third kappa shape index (κ3) is 4.02. The van der Waals surface area contributed by atoms with E-state index in [1.807, 2.05) is 0 Å². The molecular formula is C12H15BrO4. The van der Waals surface area contributed by atoms with Gasteiger partial charge >= 0.3 is 0 Å². The molecule has 1 N–H and O–H groups in total. The molecular weight excluding hydrogens is 288 g/mol.